The highest BCUT2D eigenvalue weighted by Gasteiger charge is 2.61. The van der Waals surface area contributed by atoms with E-state index >= 15 is 0 Å². The molecule has 5 atom stereocenters. The van der Waals surface area contributed by atoms with E-state index in [1.54, 1.807) is 0 Å². The Hall–Kier alpha value is -1.34. The molecule has 4 aliphatic rings. The molecule has 7 nitrogen and oxygen atoms in total. The number of likely N-dealkylation sites (tertiary alicyclic amines) is 1. The van der Waals surface area contributed by atoms with Gasteiger partial charge in [0.05, 0.1) is 32.4 Å². The van der Waals surface area contributed by atoms with Crippen molar-refractivity contribution in [3.63, 3.8) is 0 Å². The molecule has 0 aromatic rings. The lowest BCUT2D eigenvalue weighted by Gasteiger charge is -2.49. The summed E-state index contributed by atoms with van der Waals surface area (Å²) in [6.07, 6.45) is 1.66. The zero-order valence-corrected chi connectivity index (χ0v) is 16.1. The van der Waals surface area contributed by atoms with E-state index in [2.05, 4.69) is 18.7 Å². The molecule has 0 aromatic carbocycles. The fourth-order valence-electron chi connectivity index (χ4n) is 5.56. The molecule has 26 heavy (non-hydrogen) atoms. The van der Waals surface area contributed by atoms with Gasteiger partial charge in [0, 0.05) is 38.1 Å². The van der Waals surface area contributed by atoms with E-state index in [9.17, 15) is 9.59 Å². The lowest BCUT2D eigenvalue weighted by Crippen LogP contribution is -2.62. The first-order chi connectivity index (χ1) is 12.6. The highest BCUT2D eigenvalue weighted by molar-refractivity contribution is 5.82. The number of fused-ring (bicyclic) bond motifs is 3. The van der Waals surface area contributed by atoms with Crippen LogP contribution in [0.25, 0.3) is 0 Å². The minimum Gasteiger partial charge on any atom is -0.453 e. The molecule has 2 amide bonds. The maximum absolute atomic E-state index is 12.6. The number of carbonyl (C=O) groups is 2. The predicted octanol–water partition coefficient (Wildman–Crippen LogP) is 1.03. The molecule has 0 N–H and O–H groups in total. The number of nitrogens with zero attached hydrogens (tertiary/aromatic N) is 3. The molecule has 4 fully saturated rings. The summed E-state index contributed by atoms with van der Waals surface area (Å²) in [7, 11) is 1.45. The van der Waals surface area contributed by atoms with Crippen molar-refractivity contribution in [2.24, 2.45) is 17.8 Å². The van der Waals surface area contributed by atoms with Crippen molar-refractivity contribution in [3.8, 4) is 0 Å². The van der Waals surface area contributed by atoms with E-state index < -0.39 is 0 Å². The van der Waals surface area contributed by atoms with Gasteiger partial charge in [-0.1, -0.05) is 0 Å². The van der Waals surface area contributed by atoms with Crippen LogP contribution in [0.3, 0.4) is 0 Å². The summed E-state index contributed by atoms with van der Waals surface area (Å²) in [5.74, 6) is 1.69. The van der Waals surface area contributed by atoms with Gasteiger partial charge in [0.15, 0.2) is 0 Å². The van der Waals surface area contributed by atoms with Crippen molar-refractivity contribution in [2.45, 2.75) is 44.8 Å². The van der Waals surface area contributed by atoms with Crippen molar-refractivity contribution in [1.29, 1.82) is 0 Å². The van der Waals surface area contributed by atoms with Crippen molar-refractivity contribution in [2.75, 3.05) is 46.5 Å². The highest BCUT2D eigenvalue weighted by atomic mass is 16.5. The smallest absolute Gasteiger partial charge is 0.410 e. The monoisotopic (exact) mass is 365 g/mol. The van der Waals surface area contributed by atoms with Gasteiger partial charge in [-0.3, -0.25) is 14.6 Å². The fraction of sp³-hybridized carbons (Fsp3) is 0.895. The van der Waals surface area contributed by atoms with Crippen LogP contribution in [0, 0.1) is 17.8 Å². The number of morpholine rings is 1. The largest absolute Gasteiger partial charge is 0.453 e. The van der Waals surface area contributed by atoms with Crippen LogP contribution in [-0.2, 0) is 14.3 Å². The maximum atomic E-state index is 12.6. The second kappa shape index (κ2) is 7.00. The number of carbonyl (C=O) groups excluding carboxylic acids is 2. The lowest BCUT2D eigenvalue weighted by molar-refractivity contribution is -0.133. The molecule has 3 aliphatic heterocycles. The summed E-state index contributed by atoms with van der Waals surface area (Å²) in [5.41, 5.74) is 0. The van der Waals surface area contributed by atoms with Crippen LogP contribution in [-0.4, -0.2) is 91.3 Å². The summed E-state index contributed by atoms with van der Waals surface area (Å²) >= 11 is 0. The van der Waals surface area contributed by atoms with Crippen LogP contribution in [0.4, 0.5) is 4.79 Å². The standard InChI is InChI=1S/C19H31N3O4/c1-4-20(5-2)18(23)17-15-8-21(9-16(15)17)12-6-13-10-26-11-14(7-12)22(13)19(24)25-3/h12-17H,4-11H2,1-3H3/t12?,13?,14?,15-,16+,17?. The summed E-state index contributed by atoms with van der Waals surface area (Å²) in [6.45, 7) is 9.01. The van der Waals surface area contributed by atoms with E-state index in [0.29, 0.717) is 37.0 Å². The first-order valence-electron chi connectivity index (χ1n) is 10.1. The summed E-state index contributed by atoms with van der Waals surface area (Å²) in [6, 6.07) is 0.724. The van der Waals surface area contributed by atoms with Gasteiger partial charge < -0.3 is 14.4 Å². The Labute approximate surface area is 155 Å². The van der Waals surface area contributed by atoms with Crippen LogP contribution in [0.15, 0.2) is 0 Å². The number of hydrogen-bond acceptors (Lipinski definition) is 5. The molecule has 1 saturated carbocycles. The second-order valence-corrected chi connectivity index (χ2v) is 8.17. The van der Waals surface area contributed by atoms with Crippen LogP contribution < -0.4 is 0 Å². The minimum atomic E-state index is -0.226. The molecule has 0 aromatic heterocycles. The van der Waals surface area contributed by atoms with Gasteiger partial charge in [-0.15, -0.1) is 0 Å². The first-order valence-corrected chi connectivity index (χ1v) is 10.1. The van der Waals surface area contributed by atoms with Crippen molar-refractivity contribution >= 4 is 12.0 Å². The molecule has 2 bridgehead atoms. The van der Waals surface area contributed by atoms with Crippen LogP contribution >= 0.6 is 0 Å². The van der Waals surface area contributed by atoms with E-state index in [0.717, 1.165) is 39.0 Å². The summed E-state index contributed by atoms with van der Waals surface area (Å²) < 4.78 is 10.7. The molecule has 1 aliphatic carbocycles. The van der Waals surface area contributed by atoms with Crippen LogP contribution in [0.5, 0.6) is 0 Å². The topological polar surface area (TPSA) is 62.3 Å². The lowest BCUT2D eigenvalue weighted by atomic mass is 9.89. The molecule has 3 unspecified atom stereocenters. The molecular formula is C19H31N3O4. The van der Waals surface area contributed by atoms with E-state index in [-0.39, 0.29) is 24.1 Å². The van der Waals surface area contributed by atoms with Gasteiger partial charge in [0.1, 0.15) is 0 Å². The minimum absolute atomic E-state index is 0.116. The third-order valence-electron chi connectivity index (χ3n) is 6.98. The Morgan fingerprint density at radius 1 is 1.04 bits per heavy atom. The molecule has 3 saturated heterocycles. The Bertz CT molecular complexity index is 541. The van der Waals surface area contributed by atoms with Crippen LogP contribution in [0.2, 0.25) is 0 Å². The van der Waals surface area contributed by atoms with Crippen molar-refractivity contribution in [1.82, 2.24) is 14.7 Å². The van der Waals surface area contributed by atoms with Gasteiger partial charge in [-0.25, -0.2) is 4.79 Å². The Morgan fingerprint density at radius 3 is 2.12 bits per heavy atom. The maximum Gasteiger partial charge on any atom is 0.410 e. The number of ether oxygens (including phenoxy) is 2. The van der Waals surface area contributed by atoms with E-state index in [4.69, 9.17) is 9.47 Å². The normalized spacial score (nSPS) is 38.7. The van der Waals surface area contributed by atoms with Crippen molar-refractivity contribution < 1.29 is 19.1 Å². The molecule has 0 radical (unpaired) electrons. The number of piperidine rings is 2. The van der Waals surface area contributed by atoms with E-state index in [1.807, 2.05) is 9.80 Å². The Morgan fingerprint density at radius 2 is 1.62 bits per heavy atom. The van der Waals surface area contributed by atoms with Gasteiger partial charge in [0.25, 0.3) is 0 Å². The number of methoxy groups -OCH3 is 1. The SMILES string of the molecule is CCN(CC)C(=O)C1[C@H]2CN(C3CC4COCC(C3)N4C(=O)OC)C[C@@H]12. The molecular weight excluding hydrogens is 334 g/mol. The first kappa shape index (κ1) is 18.0. The van der Waals surface area contributed by atoms with Crippen molar-refractivity contribution in [3.05, 3.63) is 0 Å². The predicted molar refractivity (Wildman–Crippen MR) is 95.6 cm³/mol. The average Bonchev–Trinajstić information content (AvgIpc) is 3.14. The second-order valence-electron chi connectivity index (χ2n) is 8.17. The summed E-state index contributed by atoms with van der Waals surface area (Å²) in [4.78, 5) is 31.1. The van der Waals surface area contributed by atoms with Gasteiger partial charge >= 0.3 is 6.09 Å². The highest BCUT2D eigenvalue weighted by Crippen LogP contribution is 2.53. The van der Waals surface area contributed by atoms with E-state index in [1.165, 1.54) is 7.11 Å². The van der Waals surface area contributed by atoms with Gasteiger partial charge in [0.2, 0.25) is 5.91 Å². The Kier molecular flexibility index (Phi) is 4.86. The number of hydrogen-bond donors (Lipinski definition) is 0. The quantitative estimate of drug-likeness (QED) is 0.745. The molecule has 4 rings (SSSR count). The number of rotatable bonds is 4. The average molecular weight is 365 g/mol. The number of amides is 2. The summed E-state index contributed by atoms with van der Waals surface area (Å²) in [5, 5.41) is 0. The molecule has 7 heteroatoms. The van der Waals surface area contributed by atoms with Gasteiger partial charge in [-0.05, 0) is 38.5 Å². The van der Waals surface area contributed by atoms with Crippen LogP contribution in [0.1, 0.15) is 26.7 Å². The molecule has 146 valence electrons. The molecule has 3 heterocycles. The Balaban J connectivity index is 1.35. The third kappa shape index (κ3) is 2.89. The van der Waals surface area contributed by atoms with Gasteiger partial charge in [-0.2, -0.15) is 0 Å². The zero-order valence-electron chi connectivity index (χ0n) is 16.1. The third-order valence-corrected chi connectivity index (χ3v) is 6.98. The zero-order chi connectivity index (χ0) is 18.4. The fourth-order valence-corrected chi connectivity index (χ4v) is 5.56. The molecule has 0 spiro atoms.